The molecule has 2 heterocycles. The van der Waals surface area contributed by atoms with Crippen LogP contribution in [0.4, 0.5) is 0 Å². The number of aromatic nitrogens is 4. The highest BCUT2D eigenvalue weighted by Crippen LogP contribution is 2.02. The molecule has 2 aromatic heterocycles. The van der Waals surface area contributed by atoms with Crippen LogP contribution < -0.4 is 5.48 Å². The van der Waals surface area contributed by atoms with Crippen LogP contribution in [-0.4, -0.2) is 30.7 Å². The Balaban J connectivity index is 2.16. The molecule has 1 radical (unpaired) electrons. The van der Waals surface area contributed by atoms with Crippen LogP contribution in [0.3, 0.4) is 0 Å². The van der Waals surface area contributed by atoms with Crippen LogP contribution >= 0.6 is 0 Å². The molecule has 0 unspecified atom stereocenters. The average molecular weight is 220 g/mol. The highest BCUT2D eigenvalue weighted by molar-refractivity contribution is 5.74. The molecule has 83 valence electrons. The van der Waals surface area contributed by atoms with Gasteiger partial charge >= 0.3 is 0 Å². The summed E-state index contributed by atoms with van der Waals surface area (Å²) in [6.45, 7) is 1.77. The predicted molar refractivity (Wildman–Crippen MR) is 52.6 cm³/mol. The first kappa shape index (κ1) is 10.5. The molecule has 2 aromatic rings. The molecule has 0 bridgehead atoms. The number of hydroxylamine groups is 1. The number of carbonyl (C=O) groups excluding carboxylic acids is 1. The number of hydrogen-bond acceptors (Lipinski definition) is 5. The summed E-state index contributed by atoms with van der Waals surface area (Å²) in [7, 11) is 0. The van der Waals surface area contributed by atoms with Gasteiger partial charge in [-0.3, -0.25) is 10.0 Å². The average Bonchev–Trinajstić information content (AvgIpc) is 2.65. The highest BCUT2D eigenvalue weighted by Gasteiger charge is 2.05. The molecule has 0 aliphatic carbocycles. The lowest BCUT2D eigenvalue weighted by molar-refractivity contribution is -0.129. The van der Waals surface area contributed by atoms with Gasteiger partial charge in [0.25, 0.3) is 5.78 Å². The molecule has 0 spiro atoms. The van der Waals surface area contributed by atoms with Gasteiger partial charge in [-0.15, -0.1) is 5.10 Å². The molecule has 0 saturated carbocycles. The summed E-state index contributed by atoms with van der Waals surface area (Å²) in [5.41, 5.74) is 2.25. The topological polar surface area (TPSA) is 92.4 Å². The number of nitrogens with one attached hydrogen (secondary N) is 1. The Kier molecular flexibility index (Phi) is 2.78. The molecular formula is C9H10N5O2. The van der Waals surface area contributed by atoms with E-state index in [-0.39, 0.29) is 6.42 Å². The molecule has 2 rings (SSSR count). The third-order valence-electron chi connectivity index (χ3n) is 2.03. The molecule has 16 heavy (non-hydrogen) atoms. The van der Waals surface area contributed by atoms with Crippen LogP contribution in [0, 0.1) is 13.1 Å². The smallest absolute Gasteiger partial charge is 0.253 e. The standard InChI is InChI=1S/C9H10N5O2/c1-6-10-9-11-7(2-3-8(15)13-16)4-5-14(9)12-6/h4,16H,2-3H2,1H3,(H,13,15). The van der Waals surface area contributed by atoms with Crippen molar-refractivity contribution in [3.8, 4) is 0 Å². The number of nitrogens with zero attached hydrogens (tertiary/aromatic N) is 4. The van der Waals surface area contributed by atoms with Crippen LogP contribution in [0.25, 0.3) is 5.78 Å². The molecule has 7 nitrogen and oxygen atoms in total. The van der Waals surface area contributed by atoms with E-state index in [1.165, 1.54) is 4.52 Å². The van der Waals surface area contributed by atoms with Gasteiger partial charge in [0.15, 0.2) is 0 Å². The van der Waals surface area contributed by atoms with Crippen molar-refractivity contribution in [3.05, 3.63) is 23.8 Å². The summed E-state index contributed by atoms with van der Waals surface area (Å²) in [6, 6.07) is 1.64. The van der Waals surface area contributed by atoms with Gasteiger partial charge in [0.05, 0.1) is 6.20 Å². The van der Waals surface area contributed by atoms with Gasteiger partial charge in [-0.25, -0.2) is 10.5 Å². The fourth-order valence-electron chi connectivity index (χ4n) is 1.28. The zero-order valence-corrected chi connectivity index (χ0v) is 8.64. The van der Waals surface area contributed by atoms with Crippen molar-refractivity contribution in [1.29, 1.82) is 0 Å². The molecule has 0 fully saturated rings. The fraction of sp³-hybridized carbons (Fsp3) is 0.333. The van der Waals surface area contributed by atoms with E-state index in [1.54, 1.807) is 18.5 Å². The van der Waals surface area contributed by atoms with Gasteiger partial charge in [-0.05, 0) is 19.4 Å². The zero-order valence-electron chi connectivity index (χ0n) is 8.64. The highest BCUT2D eigenvalue weighted by atomic mass is 16.5. The molecule has 0 atom stereocenters. The molecule has 1 amide bonds. The number of aryl methyl sites for hydroxylation is 2. The Morgan fingerprint density at radius 3 is 3.19 bits per heavy atom. The monoisotopic (exact) mass is 220 g/mol. The molecule has 0 aromatic carbocycles. The lowest BCUT2D eigenvalue weighted by Gasteiger charge is -1.98. The van der Waals surface area contributed by atoms with Crippen LogP contribution in [0.1, 0.15) is 17.9 Å². The Morgan fingerprint density at radius 2 is 2.44 bits per heavy atom. The SMILES string of the molecule is Cc1nc2nc(CCC(=O)NO)c[c]n2n1. The van der Waals surface area contributed by atoms with Gasteiger partial charge in [0, 0.05) is 12.1 Å². The minimum atomic E-state index is -0.445. The van der Waals surface area contributed by atoms with Gasteiger partial charge in [-0.1, -0.05) is 0 Å². The first-order valence-electron chi connectivity index (χ1n) is 4.73. The fourth-order valence-corrected chi connectivity index (χ4v) is 1.28. The van der Waals surface area contributed by atoms with Crippen molar-refractivity contribution in [2.45, 2.75) is 19.8 Å². The zero-order chi connectivity index (χ0) is 11.5. The van der Waals surface area contributed by atoms with Gasteiger partial charge in [0.1, 0.15) is 5.82 Å². The Bertz CT molecular complexity index is 522. The second-order valence-corrected chi connectivity index (χ2v) is 3.28. The first-order chi connectivity index (χ1) is 7.69. The molecule has 2 N–H and O–H groups in total. The maximum atomic E-state index is 10.8. The summed E-state index contributed by atoms with van der Waals surface area (Å²) < 4.78 is 1.45. The number of rotatable bonds is 3. The predicted octanol–water partition coefficient (Wildman–Crippen LogP) is -0.329. The number of fused-ring (bicyclic) bond motifs is 1. The summed E-state index contributed by atoms with van der Waals surface area (Å²) in [6.07, 6.45) is 3.46. The van der Waals surface area contributed by atoms with Crippen LogP contribution in [0.2, 0.25) is 0 Å². The van der Waals surface area contributed by atoms with Crippen molar-refractivity contribution >= 4 is 11.7 Å². The first-order valence-corrected chi connectivity index (χ1v) is 4.73. The summed E-state index contributed by atoms with van der Waals surface area (Å²) >= 11 is 0. The molecule has 0 aliphatic rings. The van der Waals surface area contributed by atoms with E-state index in [0.29, 0.717) is 23.7 Å². The van der Waals surface area contributed by atoms with Crippen molar-refractivity contribution in [2.75, 3.05) is 0 Å². The number of carbonyl (C=O) groups is 1. The van der Waals surface area contributed by atoms with Crippen molar-refractivity contribution in [2.24, 2.45) is 0 Å². The summed E-state index contributed by atoms with van der Waals surface area (Å²) in [4.78, 5) is 19.1. The van der Waals surface area contributed by atoms with Crippen molar-refractivity contribution in [3.63, 3.8) is 0 Å². The number of hydrogen-bond donors (Lipinski definition) is 2. The molecule has 7 heteroatoms. The Morgan fingerprint density at radius 1 is 1.62 bits per heavy atom. The third kappa shape index (κ3) is 2.14. The number of amides is 1. The van der Waals surface area contributed by atoms with E-state index in [0.717, 1.165) is 0 Å². The van der Waals surface area contributed by atoms with E-state index in [2.05, 4.69) is 21.3 Å². The summed E-state index contributed by atoms with van der Waals surface area (Å²) in [5.74, 6) is 0.632. The van der Waals surface area contributed by atoms with Gasteiger partial charge in [0.2, 0.25) is 5.91 Å². The second kappa shape index (κ2) is 4.23. The van der Waals surface area contributed by atoms with Crippen LogP contribution in [0.5, 0.6) is 0 Å². The minimum Gasteiger partial charge on any atom is -0.289 e. The lowest BCUT2D eigenvalue weighted by atomic mass is 10.2. The normalized spacial score (nSPS) is 10.6. The largest absolute Gasteiger partial charge is 0.289 e. The maximum absolute atomic E-state index is 10.8. The van der Waals surface area contributed by atoms with Crippen LogP contribution in [-0.2, 0) is 11.2 Å². The molecule has 0 saturated heterocycles. The summed E-state index contributed by atoms with van der Waals surface area (Å²) in [5, 5.41) is 12.4. The van der Waals surface area contributed by atoms with E-state index >= 15 is 0 Å². The minimum absolute atomic E-state index is 0.167. The Labute approximate surface area is 91.1 Å². The quantitative estimate of drug-likeness (QED) is 0.546. The Hall–Kier alpha value is -2.02. The van der Waals surface area contributed by atoms with Crippen LogP contribution in [0.15, 0.2) is 6.07 Å². The van der Waals surface area contributed by atoms with E-state index in [4.69, 9.17) is 5.21 Å². The lowest BCUT2D eigenvalue weighted by Crippen LogP contribution is -2.19. The van der Waals surface area contributed by atoms with Crippen molar-refractivity contribution < 1.29 is 10.0 Å². The van der Waals surface area contributed by atoms with Gasteiger partial charge in [-0.2, -0.15) is 9.50 Å². The van der Waals surface area contributed by atoms with Crippen molar-refractivity contribution in [1.82, 2.24) is 25.1 Å². The molecule has 0 aliphatic heterocycles. The van der Waals surface area contributed by atoms with E-state index in [1.807, 2.05) is 0 Å². The third-order valence-corrected chi connectivity index (χ3v) is 2.03. The van der Waals surface area contributed by atoms with E-state index < -0.39 is 5.91 Å². The second-order valence-electron chi connectivity index (χ2n) is 3.28. The maximum Gasteiger partial charge on any atom is 0.253 e. The van der Waals surface area contributed by atoms with Gasteiger partial charge < -0.3 is 0 Å². The molecular weight excluding hydrogens is 210 g/mol. The van der Waals surface area contributed by atoms with E-state index in [9.17, 15) is 4.79 Å².